The lowest BCUT2D eigenvalue weighted by Crippen LogP contribution is -2.18. The molecule has 1 unspecified atom stereocenters. The molecule has 34 heavy (non-hydrogen) atoms. The fourth-order valence-corrected chi connectivity index (χ4v) is 4.23. The maximum absolute atomic E-state index is 14.5. The summed E-state index contributed by atoms with van der Waals surface area (Å²) in [7, 11) is 0. The van der Waals surface area contributed by atoms with Crippen LogP contribution in [0.2, 0.25) is 0 Å². The molecule has 170 valence electrons. The first-order valence-corrected chi connectivity index (χ1v) is 10.9. The quantitative estimate of drug-likeness (QED) is 0.425. The van der Waals surface area contributed by atoms with Crippen molar-refractivity contribution in [2.45, 2.75) is 6.42 Å². The summed E-state index contributed by atoms with van der Waals surface area (Å²) in [5, 5.41) is 16.2. The van der Waals surface area contributed by atoms with Gasteiger partial charge in [-0.2, -0.15) is 5.26 Å². The largest absolute Gasteiger partial charge is 0.354 e. The Morgan fingerprint density at radius 3 is 2.47 bits per heavy atom. The van der Waals surface area contributed by atoms with Gasteiger partial charge in [-0.1, -0.05) is 18.2 Å². The van der Waals surface area contributed by atoms with Crippen LogP contribution in [-0.2, 0) is 0 Å². The van der Waals surface area contributed by atoms with E-state index < -0.39 is 17.5 Å². The number of anilines is 1. The monoisotopic (exact) mass is 459 g/mol. The summed E-state index contributed by atoms with van der Waals surface area (Å²) in [6.07, 6.45) is 1.05. The Labute approximate surface area is 194 Å². The van der Waals surface area contributed by atoms with E-state index in [1.165, 1.54) is 30.3 Å². The van der Waals surface area contributed by atoms with Gasteiger partial charge in [0.25, 0.3) is 0 Å². The topological polar surface area (TPSA) is 73.6 Å². The molecule has 0 saturated carbocycles. The lowest BCUT2D eigenvalue weighted by molar-refractivity contribution is 0.589. The first-order valence-electron chi connectivity index (χ1n) is 10.9. The summed E-state index contributed by atoms with van der Waals surface area (Å²) < 4.78 is 43.3. The molecule has 1 saturated heterocycles. The minimum Gasteiger partial charge on any atom is -0.354 e. The lowest BCUT2D eigenvalue weighted by atomic mass is 9.99. The van der Waals surface area contributed by atoms with Crippen LogP contribution in [0.3, 0.4) is 0 Å². The van der Waals surface area contributed by atoms with E-state index in [4.69, 9.17) is 5.26 Å². The number of nitrogens with one attached hydrogen (secondary N) is 2. The Hall–Kier alpha value is -3.96. The third-order valence-corrected chi connectivity index (χ3v) is 6.02. The average molecular weight is 459 g/mol. The van der Waals surface area contributed by atoms with Gasteiger partial charge in [-0.15, -0.1) is 0 Å². The van der Waals surface area contributed by atoms with Gasteiger partial charge in [-0.05, 0) is 67.4 Å². The molecule has 1 atom stereocenters. The molecule has 0 radical (unpaired) electrons. The zero-order valence-electron chi connectivity index (χ0n) is 18.1. The number of hydrogen-bond acceptors (Lipinski definition) is 5. The Bertz CT molecular complexity index is 1400. The molecular formula is C26H20F3N5. The fourth-order valence-electron chi connectivity index (χ4n) is 4.23. The molecule has 3 aromatic carbocycles. The van der Waals surface area contributed by atoms with E-state index in [2.05, 4.69) is 20.6 Å². The summed E-state index contributed by atoms with van der Waals surface area (Å²) in [5.74, 6) is -1.22. The Balaban J connectivity index is 1.65. The molecule has 1 fully saturated rings. The van der Waals surface area contributed by atoms with Crippen molar-refractivity contribution in [3.63, 3.8) is 0 Å². The van der Waals surface area contributed by atoms with Gasteiger partial charge in [0.15, 0.2) is 0 Å². The highest BCUT2D eigenvalue weighted by Gasteiger charge is 2.18. The second kappa shape index (κ2) is 9.12. The normalized spacial score (nSPS) is 15.4. The van der Waals surface area contributed by atoms with Crippen molar-refractivity contribution in [1.82, 2.24) is 15.3 Å². The number of hydrogen-bond donors (Lipinski definition) is 2. The van der Waals surface area contributed by atoms with Gasteiger partial charge >= 0.3 is 0 Å². The zero-order chi connectivity index (χ0) is 23.7. The van der Waals surface area contributed by atoms with Gasteiger partial charge in [0, 0.05) is 17.5 Å². The molecule has 2 N–H and O–H groups in total. The van der Waals surface area contributed by atoms with E-state index in [1.807, 2.05) is 6.07 Å². The second-order valence-electron chi connectivity index (χ2n) is 8.27. The second-order valence-corrected chi connectivity index (χ2v) is 8.27. The minimum absolute atomic E-state index is 0.0803. The van der Waals surface area contributed by atoms with E-state index in [0.717, 1.165) is 19.5 Å². The summed E-state index contributed by atoms with van der Waals surface area (Å²) in [4.78, 5) is 9.21. The standard InChI is InChI=1S/C26H20F3N5/c27-20-2-1-3-21(28)24(20)16-6-7-23-19(10-16)25(17-4-5-18(12-30)22(29)11-17)34-26(33-23)32-14-15-8-9-31-13-15/h1-7,10-11,15,31H,8-9,13-14H2,(H,32,33,34). The van der Waals surface area contributed by atoms with Crippen molar-refractivity contribution in [2.75, 3.05) is 25.0 Å². The van der Waals surface area contributed by atoms with Crippen LogP contribution >= 0.6 is 0 Å². The smallest absolute Gasteiger partial charge is 0.223 e. The van der Waals surface area contributed by atoms with Crippen LogP contribution in [0, 0.1) is 34.7 Å². The average Bonchev–Trinajstić information content (AvgIpc) is 3.36. The number of rotatable bonds is 5. The molecule has 1 aromatic heterocycles. The van der Waals surface area contributed by atoms with Crippen LogP contribution in [0.1, 0.15) is 12.0 Å². The molecule has 0 spiro atoms. The number of nitriles is 1. The van der Waals surface area contributed by atoms with Gasteiger partial charge in [-0.3, -0.25) is 0 Å². The van der Waals surface area contributed by atoms with Crippen molar-refractivity contribution in [3.05, 3.63) is 77.6 Å². The Morgan fingerprint density at radius 2 is 1.76 bits per heavy atom. The van der Waals surface area contributed by atoms with Crippen LogP contribution in [0.4, 0.5) is 19.1 Å². The first-order chi connectivity index (χ1) is 16.5. The number of halogens is 3. The summed E-state index contributed by atoms with van der Waals surface area (Å²) in [6, 6.07) is 14.6. The molecule has 0 bridgehead atoms. The molecule has 8 heteroatoms. The molecule has 2 heterocycles. The summed E-state index contributed by atoms with van der Waals surface area (Å²) >= 11 is 0. The van der Waals surface area contributed by atoms with Crippen molar-refractivity contribution in [1.29, 1.82) is 5.26 Å². The molecular weight excluding hydrogens is 439 g/mol. The molecule has 0 aliphatic carbocycles. The highest BCUT2D eigenvalue weighted by Crippen LogP contribution is 2.34. The van der Waals surface area contributed by atoms with Crippen LogP contribution in [0.15, 0.2) is 54.6 Å². The highest BCUT2D eigenvalue weighted by molar-refractivity contribution is 5.96. The summed E-state index contributed by atoms with van der Waals surface area (Å²) in [6.45, 7) is 2.56. The molecule has 0 amide bonds. The zero-order valence-corrected chi connectivity index (χ0v) is 18.1. The van der Waals surface area contributed by atoms with Crippen molar-refractivity contribution in [2.24, 2.45) is 5.92 Å². The van der Waals surface area contributed by atoms with Crippen molar-refractivity contribution in [3.8, 4) is 28.5 Å². The predicted molar refractivity (Wildman–Crippen MR) is 124 cm³/mol. The number of aromatic nitrogens is 2. The molecule has 1 aliphatic heterocycles. The maximum atomic E-state index is 14.5. The van der Waals surface area contributed by atoms with Crippen LogP contribution in [0.25, 0.3) is 33.3 Å². The minimum atomic E-state index is -0.685. The molecule has 5 nitrogen and oxygen atoms in total. The van der Waals surface area contributed by atoms with Gasteiger partial charge < -0.3 is 10.6 Å². The molecule has 4 aromatic rings. The van der Waals surface area contributed by atoms with E-state index >= 15 is 0 Å². The fraction of sp³-hybridized carbons (Fsp3) is 0.192. The van der Waals surface area contributed by atoms with Crippen molar-refractivity contribution >= 4 is 16.9 Å². The number of fused-ring (bicyclic) bond motifs is 1. The van der Waals surface area contributed by atoms with E-state index in [1.54, 1.807) is 24.3 Å². The van der Waals surface area contributed by atoms with Gasteiger partial charge in [0.2, 0.25) is 5.95 Å². The Morgan fingerprint density at radius 1 is 0.971 bits per heavy atom. The third kappa shape index (κ3) is 4.18. The van der Waals surface area contributed by atoms with E-state index in [0.29, 0.717) is 46.1 Å². The maximum Gasteiger partial charge on any atom is 0.223 e. The Kier molecular flexibility index (Phi) is 5.86. The van der Waals surface area contributed by atoms with E-state index in [-0.39, 0.29) is 11.1 Å². The van der Waals surface area contributed by atoms with Crippen LogP contribution in [-0.4, -0.2) is 29.6 Å². The molecule has 5 rings (SSSR count). The van der Waals surface area contributed by atoms with Gasteiger partial charge in [0.05, 0.1) is 22.3 Å². The van der Waals surface area contributed by atoms with Crippen molar-refractivity contribution < 1.29 is 13.2 Å². The number of nitrogens with zero attached hydrogens (tertiary/aromatic N) is 3. The summed E-state index contributed by atoms with van der Waals surface area (Å²) in [5.41, 5.74) is 1.46. The highest BCUT2D eigenvalue weighted by atomic mass is 19.1. The van der Waals surface area contributed by atoms with Crippen LogP contribution < -0.4 is 10.6 Å². The lowest BCUT2D eigenvalue weighted by Gasteiger charge is -2.14. The van der Waals surface area contributed by atoms with E-state index in [9.17, 15) is 13.2 Å². The van der Waals surface area contributed by atoms with Crippen LogP contribution in [0.5, 0.6) is 0 Å². The predicted octanol–water partition coefficient (Wildman–Crippen LogP) is 5.27. The number of benzene rings is 3. The molecule has 1 aliphatic rings. The van der Waals surface area contributed by atoms with Gasteiger partial charge in [0.1, 0.15) is 23.5 Å². The first kappa shape index (κ1) is 21.9. The SMILES string of the molecule is N#Cc1ccc(-c2nc(NCC3CCNC3)nc3ccc(-c4c(F)cccc4F)cc23)cc1F. The third-order valence-electron chi connectivity index (χ3n) is 6.02. The van der Waals surface area contributed by atoms with Gasteiger partial charge in [-0.25, -0.2) is 23.1 Å².